The lowest BCUT2D eigenvalue weighted by atomic mass is 10.1. The fraction of sp³-hybridized carbons (Fsp3) is 0.417. The molecular formula is C12H13NO2. The van der Waals surface area contributed by atoms with Gasteiger partial charge in [0.05, 0.1) is 12.1 Å². The van der Waals surface area contributed by atoms with Gasteiger partial charge in [-0.3, -0.25) is 4.79 Å². The average molecular weight is 203 g/mol. The van der Waals surface area contributed by atoms with E-state index < -0.39 is 0 Å². The van der Waals surface area contributed by atoms with Crippen molar-refractivity contribution in [2.45, 2.75) is 18.8 Å². The summed E-state index contributed by atoms with van der Waals surface area (Å²) in [6.07, 6.45) is 2.54. The molecule has 15 heavy (non-hydrogen) atoms. The molecule has 0 spiro atoms. The largest absolute Gasteiger partial charge is 0.491 e. The van der Waals surface area contributed by atoms with E-state index in [1.165, 1.54) is 18.4 Å². The minimum atomic E-state index is -0.0233. The third-order valence-electron chi connectivity index (χ3n) is 2.94. The maximum Gasteiger partial charge on any atom is 0.255 e. The van der Waals surface area contributed by atoms with Gasteiger partial charge in [0.25, 0.3) is 5.91 Å². The number of benzene rings is 1. The number of fused-ring (bicyclic) bond motifs is 1. The third-order valence-corrected chi connectivity index (χ3v) is 2.94. The summed E-state index contributed by atoms with van der Waals surface area (Å²) in [7, 11) is 0. The molecule has 0 unspecified atom stereocenters. The molecule has 1 fully saturated rings. The first-order chi connectivity index (χ1) is 7.34. The quantitative estimate of drug-likeness (QED) is 0.754. The maximum atomic E-state index is 11.6. The number of carbonyl (C=O) groups is 1. The molecule has 0 radical (unpaired) electrons. The second-order valence-electron chi connectivity index (χ2n) is 4.13. The van der Waals surface area contributed by atoms with E-state index in [0.717, 1.165) is 5.75 Å². The van der Waals surface area contributed by atoms with E-state index in [4.69, 9.17) is 4.74 Å². The third kappa shape index (κ3) is 1.58. The lowest BCUT2D eigenvalue weighted by Gasteiger charge is -2.07. The van der Waals surface area contributed by atoms with Crippen LogP contribution < -0.4 is 10.1 Å². The first-order valence-corrected chi connectivity index (χ1v) is 5.39. The smallest absolute Gasteiger partial charge is 0.255 e. The first kappa shape index (κ1) is 8.77. The Bertz CT molecular complexity index is 410. The summed E-state index contributed by atoms with van der Waals surface area (Å²) in [5, 5.41) is 2.80. The molecule has 3 heteroatoms. The second kappa shape index (κ2) is 3.26. The van der Waals surface area contributed by atoms with Gasteiger partial charge in [-0.05, 0) is 36.5 Å². The van der Waals surface area contributed by atoms with E-state index >= 15 is 0 Å². The molecule has 1 heterocycles. The van der Waals surface area contributed by atoms with Crippen molar-refractivity contribution in [3.63, 3.8) is 0 Å². The Morgan fingerprint density at radius 1 is 1.33 bits per heavy atom. The predicted octanol–water partition coefficient (Wildman–Crippen LogP) is 1.69. The van der Waals surface area contributed by atoms with Crippen molar-refractivity contribution in [2.24, 2.45) is 0 Å². The highest BCUT2D eigenvalue weighted by Crippen LogP contribution is 2.41. The van der Waals surface area contributed by atoms with Crippen LogP contribution in [-0.2, 0) is 0 Å². The number of ether oxygens (including phenoxy) is 1. The van der Waals surface area contributed by atoms with Gasteiger partial charge in [0.15, 0.2) is 0 Å². The summed E-state index contributed by atoms with van der Waals surface area (Å²) in [5.41, 5.74) is 1.97. The molecule has 1 aromatic carbocycles. The number of hydrogen-bond donors (Lipinski definition) is 1. The van der Waals surface area contributed by atoms with E-state index in [0.29, 0.717) is 24.6 Å². The Kier molecular flexibility index (Phi) is 1.91. The Morgan fingerprint density at radius 2 is 2.20 bits per heavy atom. The zero-order valence-electron chi connectivity index (χ0n) is 8.45. The van der Waals surface area contributed by atoms with Gasteiger partial charge in [-0.2, -0.15) is 0 Å². The predicted molar refractivity (Wildman–Crippen MR) is 56.2 cm³/mol. The van der Waals surface area contributed by atoms with Crippen LogP contribution in [0.3, 0.4) is 0 Å². The molecule has 1 N–H and O–H groups in total. The lowest BCUT2D eigenvalue weighted by molar-refractivity contribution is 0.0957. The van der Waals surface area contributed by atoms with Crippen LogP contribution in [0.25, 0.3) is 0 Å². The van der Waals surface area contributed by atoms with E-state index in [9.17, 15) is 4.79 Å². The molecule has 3 rings (SSSR count). The van der Waals surface area contributed by atoms with Crippen LogP contribution in [0.5, 0.6) is 5.75 Å². The van der Waals surface area contributed by atoms with Crippen LogP contribution in [0, 0.1) is 0 Å². The minimum Gasteiger partial charge on any atom is -0.491 e. The normalized spacial score (nSPS) is 19.9. The number of nitrogens with one attached hydrogen (secondary N) is 1. The molecule has 78 valence electrons. The maximum absolute atomic E-state index is 11.6. The van der Waals surface area contributed by atoms with Crippen molar-refractivity contribution in [1.82, 2.24) is 5.32 Å². The van der Waals surface area contributed by atoms with Crippen molar-refractivity contribution >= 4 is 5.91 Å². The van der Waals surface area contributed by atoms with E-state index in [1.807, 2.05) is 18.2 Å². The first-order valence-electron chi connectivity index (χ1n) is 5.39. The van der Waals surface area contributed by atoms with Gasteiger partial charge in [0.1, 0.15) is 12.4 Å². The van der Waals surface area contributed by atoms with Crippen LogP contribution in [0.1, 0.15) is 34.7 Å². The summed E-state index contributed by atoms with van der Waals surface area (Å²) in [6, 6.07) is 5.95. The highest BCUT2D eigenvalue weighted by Gasteiger charge is 2.25. The molecule has 1 amide bonds. The molecule has 3 nitrogen and oxygen atoms in total. The molecule has 1 saturated carbocycles. The molecular weight excluding hydrogens is 190 g/mol. The molecule has 0 saturated heterocycles. The van der Waals surface area contributed by atoms with Crippen molar-refractivity contribution in [3.8, 4) is 5.75 Å². The van der Waals surface area contributed by atoms with Crippen LogP contribution in [0.2, 0.25) is 0 Å². The van der Waals surface area contributed by atoms with Crippen molar-refractivity contribution < 1.29 is 9.53 Å². The summed E-state index contributed by atoms with van der Waals surface area (Å²) >= 11 is 0. The minimum absolute atomic E-state index is 0.0233. The standard InChI is InChI=1S/C12H13NO2/c14-12-10-4-3-9(8-1-2-8)7-11(10)15-6-5-13-12/h3-4,7-8H,1-2,5-6H2,(H,13,14). The highest BCUT2D eigenvalue weighted by atomic mass is 16.5. The monoisotopic (exact) mass is 203 g/mol. The lowest BCUT2D eigenvalue weighted by Crippen LogP contribution is -2.24. The topological polar surface area (TPSA) is 38.3 Å². The molecule has 1 aliphatic carbocycles. The Morgan fingerprint density at radius 3 is 3.00 bits per heavy atom. The molecule has 1 aliphatic heterocycles. The van der Waals surface area contributed by atoms with Gasteiger partial charge in [0.2, 0.25) is 0 Å². The molecule has 0 aromatic heterocycles. The Hall–Kier alpha value is -1.51. The van der Waals surface area contributed by atoms with E-state index in [1.54, 1.807) is 0 Å². The van der Waals surface area contributed by atoms with Crippen molar-refractivity contribution in [2.75, 3.05) is 13.2 Å². The SMILES string of the molecule is O=C1NCCOc2cc(C3CC3)ccc21. The molecule has 1 aromatic rings. The summed E-state index contributed by atoms with van der Waals surface area (Å²) < 4.78 is 5.55. The summed E-state index contributed by atoms with van der Waals surface area (Å²) in [6.45, 7) is 1.15. The Labute approximate surface area is 88.4 Å². The number of amides is 1. The van der Waals surface area contributed by atoms with Gasteiger partial charge < -0.3 is 10.1 Å². The van der Waals surface area contributed by atoms with Gasteiger partial charge in [-0.15, -0.1) is 0 Å². The zero-order valence-corrected chi connectivity index (χ0v) is 8.45. The van der Waals surface area contributed by atoms with Crippen LogP contribution >= 0.6 is 0 Å². The van der Waals surface area contributed by atoms with Gasteiger partial charge in [-0.25, -0.2) is 0 Å². The van der Waals surface area contributed by atoms with Crippen molar-refractivity contribution in [1.29, 1.82) is 0 Å². The van der Waals surface area contributed by atoms with E-state index in [-0.39, 0.29) is 5.91 Å². The van der Waals surface area contributed by atoms with Crippen LogP contribution in [-0.4, -0.2) is 19.1 Å². The van der Waals surface area contributed by atoms with Crippen molar-refractivity contribution in [3.05, 3.63) is 29.3 Å². The molecule has 0 atom stereocenters. The molecule has 0 bridgehead atoms. The van der Waals surface area contributed by atoms with Gasteiger partial charge >= 0.3 is 0 Å². The summed E-state index contributed by atoms with van der Waals surface area (Å²) in [4.78, 5) is 11.6. The number of carbonyl (C=O) groups excluding carboxylic acids is 1. The Balaban J connectivity index is 2.01. The second-order valence-corrected chi connectivity index (χ2v) is 4.13. The highest BCUT2D eigenvalue weighted by molar-refractivity contribution is 5.97. The number of rotatable bonds is 1. The zero-order chi connectivity index (χ0) is 10.3. The number of hydrogen-bond acceptors (Lipinski definition) is 2. The van der Waals surface area contributed by atoms with E-state index in [2.05, 4.69) is 5.32 Å². The fourth-order valence-corrected chi connectivity index (χ4v) is 1.94. The van der Waals surface area contributed by atoms with Gasteiger partial charge in [0, 0.05) is 0 Å². The fourth-order valence-electron chi connectivity index (χ4n) is 1.94. The van der Waals surface area contributed by atoms with Crippen LogP contribution in [0.15, 0.2) is 18.2 Å². The van der Waals surface area contributed by atoms with Gasteiger partial charge in [-0.1, -0.05) is 6.07 Å². The molecule has 2 aliphatic rings. The summed E-state index contributed by atoms with van der Waals surface area (Å²) in [5.74, 6) is 1.42. The van der Waals surface area contributed by atoms with Crippen LogP contribution in [0.4, 0.5) is 0 Å². The average Bonchev–Trinajstić information content (AvgIpc) is 3.06.